The van der Waals surface area contributed by atoms with Crippen LogP contribution in [0.1, 0.15) is 27.7 Å². The minimum absolute atomic E-state index is 0.114. The smallest absolute Gasteiger partial charge is 0.159 e. The molecule has 1 aliphatic rings. The second-order valence-electron chi connectivity index (χ2n) is 5.19. The summed E-state index contributed by atoms with van der Waals surface area (Å²) in [5.74, 6) is 0. The zero-order valence-corrected chi connectivity index (χ0v) is 13.5. The topological polar surface area (TPSA) is 86.1 Å². The van der Waals surface area contributed by atoms with Gasteiger partial charge in [0.1, 0.15) is 11.5 Å². The summed E-state index contributed by atoms with van der Waals surface area (Å²) in [6.45, 7) is 9.54. The molecule has 1 aliphatic heterocycles. The average molecular weight is 305 g/mol. The molecule has 0 aromatic heterocycles. The lowest BCUT2D eigenvalue weighted by atomic mass is 10.1. The number of ether oxygens (including phenoxy) is 1. The van der Waals surface area contributed by atoms with Gasteiger partial charge in [0, 0.05) is 19.1 Å². The number of thioether (sulfide) groups is 1. The molecule has 7 heteroatoms. The fourth-order valence-corrected chi connectivity index (χ4v) is 2.76. The lowest BCUT2D eigenvalue weighted by Gasteiger charge is -2.28. The Morgan fingerprint density at radius 1 is 1.40 bits per heavy atom. The highest BCUT2D eigenvalue weighted by atomic mass is 32.2. The van der Waals surface area contributed by atoms with Crippen LogP contribution in [-0.2, 0) is 4.74 Å². The Kier molecular flexibility index (Phi) is 7.83. The SMILES string of the molecule is CCNC1=NC[C@H](O[C@H](CNC(C)C)[C@@H](O)[C@@H](C)O)S1. The van der Waals surface area contributed by atoms with Crippen LogP contribution in [-0.4, -0.2) is 64.8 Å². The van der Waals surface area contributed by atoms with E-state index < -0.39 is 18.3 Å². The maximum absolute atomic E-state index is 10.1. The van der Waals surface area contributed by atoms with E-state index in [-0.39, 0.29) is 5.44 Å². The number of aliphatic imine (C=N–C) groups is 1. The van der Waals surface area contributed by atoms with Gasteiger partial charge in [-0.1, -0.05) is 25.6 Å². The molecule has 0 unspecified atom stereocenters. The molecule has 1 heterocycles. The van der Waals surface area contributed by atoms with Crippen molar-refractivity contribution in [1.29, 1.82) is 0 Å². The van der Waals surface area contributed by atoms with Crippen molar-refractivity contribution in [2.75, 3.05) is 19.6 Å². The first-order valence-corrected chi connectivity index (χ1v) is 8.02. The molecule has 4 atom stereocenters. The van der Waals surface area contributed by atoms with Crippen molar-refractivity contribution in [3.63, 3.8) is 0 Å². The summed E-state index contributed by atoms with van der Waals surface area (Å²) in [4.78, 5) is 4.34. The highest BCUT2D eigenvalue weighted by Crippen LogP contribution is 2.23. The summed E-state index contributed by atoms with van der Waals surface area (Å²) in [7, 11) is 0. The van der Waals surface area contributed by atoms with Crippen LogP contribution in [0.2, 0.25) is 0 Å². The Balaban J connectivity index is 2.48. The Morgan fingerprint density at radius 3 is 2.65 bits per heavy atom. The summed E-state index contributed by atoms with van der Waals surface area (Å²) in [5.41, 5.74) is -0.114. The van der Waals surface area contributed by atoms with E-state index in [1.165, 1.54) is 11.8 Å². The van der Waals surface area contributed by atoms with E-state index in [2.05, 4.69) is 15.6 Å². The molecule has 4 N–H and O–H groups in total. The summed E-state index contributed by atoms with van der Waals surface area (Å²) in [6.07, 6.45) is -2.19. The average Bonchev–Trinajstić information content (AvgIpc) is 2.81. The second-order valence-corrected chi connectivity index (χ2v) is 6.34. The van der Waals surface area contributed by atoms with E-state index in [9.17, 15) is 10.2 Å². The molecule has 0 aromatic carbocycles. The van der Waals surface area contributed by atoms with Crippen LogP contribution in [0.3, 0.4) is 0 Å². The molecular formula is C13H27N3O3S. The third kappa shape index (κ3) is 5.97. The molecule has 6 nitrogen and oxygen atoms in total. The summed E-state index contributed by atoms with van der Waals surface area (Å²) in [5, 5.41) is 26.9. The summed E-state index contributed by atoms with van der Waals surface area (Å²) < 4.78 is 5.90. The molecule has 0 fully saturated rings. The number of amidine groups is 1. The molecule has 0 aliphatic carbocycles. The predicted octanol–water partition coefficient (Wildman–Crippen LogP) is 0.150. The van der Waals surface area contributed by atoms with Gasteiger partial charge in [0.05, 0.1) is 18.8 Å². The zero-order valence-electron chi connectivity index (χ0n) is 12.7. The third-order valence-electron chi connectivity index (χ3n) is 2.88. The van der Waals surface area contributed by atoms with E-state index in [0.29, 0.717) is 19.1 Å². The molecule has 20 heavy (non-hydrogen) atoms. The van der Waals surface area contributed by atoms with Gasteiger partial charge in [-0.25, -0.2) is 0 Å². The van der Waals surface area contributed by atoms with Gasteiger partial charge in [-0.3, -0.25) is 4.99 Å². The van der Waals surface area contributed by atoms with Crippen molar-refractivity contribution < 1.29 is 14.9 Å². The molecular weight excluding hydrogens is 278 g/mol. The normalized spacial score (nSPS) is 23.6. The van der Waals surface area contributed by atoms with Gasteiger partial charge >= 0.3 is 0 Å². The van der Waals surface area contributed by atoms with E-state index in [4.69, 9.17) is 4.74 Å². The quantitative estimate of drug-likeness (QED) is 0.511. The number of aliphatic hydroxyl groups is 2. The molecule has 0 aromatic rings. The van der Waals surface area contributed by atoms with Gasteiger partial charge in [-0.05, 0) is 13.8 Å². The fraction of sp³-hybridized carbons (Fsp3) is 0.923. The minimum Gasteiger partial charge on any atom is -0.391 e. The summed E-state index contributed by atoms with van der Waals surface area (Å²) in [6, 6.07) is 0.298. The van der Waals surface area contributed by atoms with Crippen LogP contribution >= 0.6 is 11.8 Å². The van der Waals surface area contributed by atoms with Gasteiger partial charge in [0.2, 0.25) is 0 Å². The molecule has 0 radical (unpaired) electrons. The predicted molar refractivity (Wildman–Crippen MR) is 83.1 cm³/mol. The number of hydrogen-bond donors (Lipinski definition) is 4. The minimum atomic E-state index is -0.912. The Labute approximate surface area is 125 Å². The van der Waals surface area contributed by atoms with Gasteiger partial charge in [0.25, 0.3) is 0 Å². The lowest BCUT2D eigenvalue weighted by molar-refractivity contribution is -0.0883. The van der Waals surface area contributed by atoms with E-state index in [1.54, 1.807) is 6.92 Å². The maximum Gasteiger partial charge on any atom is 0.159 e. The van der Waals surface area contributed by atoms with Crippen LogP contribution in [0.5, 0.6) is 0 Å². The van der Waals surface area contributed by atoms with Crippen molar-refractivity contribution in [3.05, 3.63) is 0 Å². The number of aliphatic hydroxyl groups excluding tert-OH is 2. The molecule has 0 bridgehead atoms. The molecule has 0 spiro atoms. The zero-order chi connectivity index (χ0) is 15.1. The number of hydrogen-bond acceptors (Lipinski definition) is 7. The highest BCUT2D eigenvalue weighted by Gasteiger charge is 2.30. The van der Waals surface area contributed by atoms with Crippen molar-refractivity contribution in [3.8, 4) is 0 Å². The van der Waals surface area contributed by atoms with E-state index in [0.717, 1.165) is 11.7 Å². The van der Waals surface area contributed by atoms with Gasteiger partial charge in [-0.15, -0.1) is 0 Å². The van der Waals surface area contributed by atoms with Crippen molar-refractivity contribution in [2.24, 2.45) is 4.99 Å². The largest absolute Gasteiger partial charge is 0.391 e. The first kappa shape index (κ1) is 17.7. The van der Waals surface area contributed by atoms with Gasteiger partial charge < -0.3 is 25.6 Å². The monoisotopic (exact) mass is 305 g/mol. The molecule has 118 valence electrons. The molecule has 0 saturated heterocycles. The molecule has 0 saturated carbocycles. The lowest BCUT2D eigenvalue weighted by Crippen LogP contribution is -2.46. The summed E-state index contributed by atoms with van der Waals surface area (Å²) >= 11 is 1.52. The maximum atomic E-state index is 10.1. The highest BCUT2D eigenvalue weighted by molar-refractivity contribution is 8.14. The van der Waals surface area contributed by atoms with Gasteiger partial charge in [-0.2, -0.15) is 0 Å². The van der Waals surface area contributed by atoms with Crippen LogP contribution in [0.15, 0.2) is 4.99 Å². The number of nitrogens with one attached hydrogen (secondary N) is 2. The third-order valence-corrected chi connectivity index (χ3v) is 3.90. The fourth-order valence-electron chi connectivity index (χ4n) is 1.78. The standard InChI is InChI=1S/C13H27N3O3S/c1-5-14-13-16-7-11(20-13)19-10(6-15-8(2)3)12(18)9(4)17/h8-12,15,17-18H,5-7H2,1-4H3,(H,14,16)/t9-,10-,11-,12+/m1/s1. The molecule has 0 amide bonds. The van der Waals surface area contributed by atoms with Crippen LogP contribution in [0, 0.1) is 0 Å². The number of nitrogens with zero attached hydrogens (tertiary/aromatic N) is 1. The first-order chi connectivity index (χ1) is 9.43. The van der Waals surface area contributed by atoms with Crippen molar-refractivity contribution in [2.45, 2.75) is 57.5 Å². The molecule has 1 rings (SSSR count). The van der Waals surface area contributed by atoms with Crippen molar-refractivity contribution in [1.82, 2.24) is 10.6 Å². The second kappa shape index (κ2) is 8.84. The Hall–Kier alpha value is -0.340. The van der Waals surface area contributed by atoms with Crippen molar-refractivity contribution >= 4 is 16.9 Å². The number of rotatable bonds is 8. The Bertz CT molecular complexity index is 313. The first-order valence-electron chi connectivity index (χ1n) is 7.14. The van der Waals surface area contributed by atoms with E-state index in [1.807, 2.05) is 20.8 Å². The van der Waals surface area contributed by atoms with Gasteiger partial charge in [0.15, 0.2) is 5.17 Å². The van der Waals surface area contributed by atoms with Crippen LogP contribution in [0.25, 0.3) is 0 Å². The van der Waals surface area contributed by atoms with Crippen LogP contribution < -0.4 is 10.6 Å². The Morgan fingerprint density at radius 2 is 2.10 bits per heavy atom. The van der Waals surface area contributed by atoms with E-state index >= 15 is 0 Å². The van der Waals surface area contributed by atoms with Crippen LogP contribution in [0.4, 0.5) is 0 Å².